The lowest BCUT2D eigenvalue weighted by atomic mass is 9.95. The molecule has 0 atom stereocenters. The van der Waals surface area contributed by atoms with Gasteiger partial charge in [0.05, 0.1) is 5.41 Å². The quantitative estimate of drug-likeness (QED) is 0.779. The van der Waals surface area contributed by atoms with Crippen LogP contribution in [0.1, 0.15) is 24.0 Å². The number of anilines is 1. The van der Waals surface area contributed by atoms with Crippen molar-refractivity contribution >= 4 is 29.2 Å². The van der Waals surface area contributed by atoms with Gasteiger partial charge in [-0.1, -0.05) is 35.9 Å². The van der Waals surface area contributed by atoms with Crippen molar-refractivity contribution < 1.29 is 9.59 Å². The summed E-state index contributed by atoms with van der Waals surface area (Å²) in [7, 11) is 0. The van der Waals surface area contributed by atoms with Crippen molar-refractivity contribution in [2.45, 2.75) is 24.8 Å². The fourth-order valence-electron chi connectivity index (χ4n) is 2.74. The van der Waals surface area contributed by atoms with Crippen molar-refractivity contribution in [1.29, 1.82) is 0 Å². The average Bonchev–Trinajstić information content (AvgIpc) is 3.36. The van der Waals surface area contributed by atoms with E-state index in [1.54, 1.807) is 12.1 Å². The van der Waals surface area contributed by atoms with Crippen LogP contribution in [0.5, 0.6) is 0 Å². The number of urea groups is 1. The number of rotatable bonds is 5. The SMILES string of the molecule is NC(=O)Nc1ccc(CNC(=O)C2(c3ccc(Cl)cc3)CC2)cc1. The Balaban J connectivity index is 1.61. The van der Waals surface area contributed by atoms with Gasteiger partial charge in [-0.25, -0.2) is 4.79 Å². The summed E-state index contributed by atoms with van der Waals surface area (Å²) in [4.78, 5) is 23.4. The number of carbonyl (C=O) groups is 2. The van der Waals surface area contributed by atoms with Gasteiger partial charge in [0, 0.05) is 17.3 Å². The van der Waals surface area contributed by atoms with Crippen LogP contribution in [-0.4, -0.2) is 11.9 Å². The first-order valence-corrected chi connectivity index (χ1v) is 8.07. The van der Waals surface area contributed by atoms with Gasteiger partial charge in [0.25, 0.3) is 0 Å². The summed E-state index contributed by atoms with van der Waals surface area (Å²) in [6, 6.07) is 14.0. The number of benzene rings is 2. The van der Waals surface area contributed by atoms with E-state index in [1.165, 1.54) is 0 Å². The number of hydrogen-bond donors (Lipinski definition) is 3. The number of primary amides is 1. The summed E-state index contributed by atoms with van der Waals surface area (Å²) < 4.78 is 0. The average molecular weight is 344 g/mol. The minimum Gasteiger partial charge on any atom is -0.351 e. The smallest absolute Gasteiger partial charge is 0.316 e. The van der Waals surface area contributed by atoms with Gasteiger partial charge in [0.15, 0.2) is 0 Å². The van der Waals surface area contributed by atoms with Gasteiger partial charge >= 0.3 is 6.03 Å². The normalized spacial score (nSPS) is 14.7. The summed E-state index contributed by atoms with van der Waals surface area (Å²) in [5.41, 5.74) is 7.22. The first-order chi connectivity index (χ1) is 11.5. The number of nitrogens with one attached hydrogen (secondary N) is 2. The third kappa shape index (κ3) is 3.51. The zero-order valence-electron chi connectivity index (χ0n) is 13.0. The van der Waals surface area contributed by atoms with Crippen LogP contribution in [0.25, 0.3) is 0 Å². The van der Waals surface area contributed by atoms with Crippen LogP contribution in [0.4, 0.5) is 10.5 Å². The Morgan fingerprint density at radius 3 is 2.21 bits per heavy atom. The van der Waals surface area contributed by atoms with Crippen LogP contribution < -0.4 is 16.4 Å². The Hall–Kier alpha value is -2.53. The maximum atomic E-state index is 12.6. The molecule has 5 nitrogen and oxygen atoms in total. The number of hydrogen-bond acceptors (Lipinski definition) is 2. The third-order valence-electron chi connectivity index (χ3n) is 4.26. The van der Waals surface area contributed by atoms with E-state index in [9.17, 15) is 9.59 Å². The lowest BCUT2D eigenvalue weighted by Gasteiger charge is -2.16. The maximum Gasteiger partial charge on any atom is 0.316 e. The van der Waals surface area contributed by atoms with Crippen molar-refractivity contribution in [3.05, 3.63) is 64.7 Å². The fourth-order valence-corrected chi connectivity index (χ4v) is 2.87. The van der Waals surface area contributed by atoms with Crippen molar-refractivity contribution in [2.75, 3.05) is 5.32 Å². The van der Waals surface area contributed by atoms with Crippen LogP contribution in [0, 0.1) is 0 Å². The number of carbonyl (C=O) groups excluding carboxylic acids is 2. The second-order valence-electron chi connectivity index (χ2n) is 5.96. The molecule has 0 aliphatic heterocycles. The fraction of sp³-hybridized carbons (Fsp3) is 0.222. The molecule has 0 saturated heterocycles. The topological polar surface area (TPSA) is 84.2 Å². The summed E-state index contributed by atoms with van der Waals surface area (Å²) in [5, 5.41) is 6.16. The number of nitrogens with two attached hydrogens (primary N) is 1. The summed E-state index contributed by atoms with van der Waals surface area (Å²) in [5.74, 6) is 0.0316. The molecule has 24 heavy (non-hydrogen) atoms. The van der Waals surface area contributed by atoms with Gasteiger partial charge in [0.1, 0.15) is 0 Å². The highest BCUT2D eigenvalue weighted by Gasteiger charge is 2.50. The van der Waals surface area contributed by atoms with E-state index in [4.69, 9.17) is 17.3 Å². The minimum atomic E-state index is -0.602. The largest absolute Gasteiger partial charge is 0.351 e. The molecule has 0 bridgehead atoms. The monoisotopic (exact) mass is 343 g/mol. The molecule has 1 saturated carbocycles. The number of amides is 3. The molecule has 2 aromatic rings. The Bertz CT molecular complexity index is 753. The van der Waals surface area contributed by atoms with E-state index >= 15 is 0 Å². The summed E-state index contributed by atoms with van der Waals surface area (Å²) in [6.07, 6.45) is 1.70. The molecular weight excluding hydrogens is 326 g/mol. The first kappa shape index (κ1) is 16.3. The van der Waals surface area contributed by atoms with Gasteiger partial charge in [-0.3, -0.25) is 4.79 Å². The molecule has 1 aliphatic carbocycles. The molecule has 0 heterocycles. The van der Waals surface area contributed by atoms with E-state index in [0.29, 0.717) is 17.3 Å². The molecule has 124 valence electrons. The Morgan fingerprint density at radius 2 is 1.67 bits per heavy atom. The summed E-state index contributed by atoms with van der Waals surface area (Å²) in [6.45, 7) is 0.436. The van der Waals surface area contributed by atoms with Gasteiger partial charge in [-0.05, 0) is 48.2 Å². The van der Waals surface area contributed by atoms with Gasteiger partial charge in [-0.2, -0.15) is 0 Å². The van der Waals surface area contributed by atoms with Crippen LogP contribution in [0.15, 0.2) is 48.5 Å². The van der Waals surface area contributed by atoms with Crippen molar-refractivity contribution in [2.24, 2.45) is 5.73 Å². The molecular formula is C18H18ClN3O2. The standard InChI is InChI=1S/C18H18ClN3O2/c19-14-5-3-13(4-6-14)18(9-10-18)16(23)21-11-12-1-7-15(8-2-12)22-17(20)24/h1-8H,9-11H2,(H,21,23)(H3,20,22,24). The van der Waals surface area contributed by atoms with Gasteiger partial charge in [-0.15, -0.1) is 0 Å². The molecule has 6 heteroatoms. The zero-order valence-corrected chi connectivity index (χ0v) is 13.8. The molecule has 1 aliphatic rings. The van der Waals surface area contributed by atoms with E-state index in [2.05, 4.69) is 10.6 Å². The predicted molar refractivity (Wildman–Crippen MR) is 93.9 cm³/mol. The Labute approximate surface area is 145 Å². The molecule has 0 unspecified atom stereocenters. The van der Waals surface area contributed by atoms with E-state index in [-0.39, 0.29) is 5.91 Å². The molecule has 0 radical (unpaired) electrons. The maximum absolute atomic E-state index is 12.6. The van der Waals surface area contributed by atoms with Crippen LogP contribution in [0.2, 0.25) is 5.02 Å². The molecule has 1 fully saturated rings. The molecule has 0 aromatic heterocycles. The molecule has 3 amide bonds. The summed E-state index contributed by atoms with van der Waals surface area (Å²) >= 11 is 5.91. The second-order valence-corrected chi connectivity index (χ2v) is 6.39. The highest BCUT2D eigenvalue weighted by molar-refractivity contribution is 6.30. The highest BCUT2D eigenvalue weighted by atomic mass is 35.5. The van der Waals surface area contributed by atoms with Crippen LogP contribution in [0.3, 0.4) is 0 Å². The second kappa shape index (κ2) is 6.53. The molecule has 0 spiro atoms. The van der Waals surface area contributed by atoms with E-state index in [0.717, 1.165) is 24.0 Å². The van der Waals surface area contributed by atoms with Crippen molar-refractivity contribution in [3.8, 4) is 0 Å². The van der Waals surface area contributed by atoms with E-state index < -0.39 is 11.4 Å². The molecule has 4 N–H and O–H groups in total. The predicted octanol–water partition coefficient (Wildman–Crippen LogP) is 3.18. The van der Waals surface area contributed by atoms with Gasteiger partial charge in [0.2, 0.25) is 5.91 Å². The number of halogens is 1. The van der Waals surface area contributed by atoms with E-state index in [1.807, 2.05) is 36.4 Å². The molecule has 3 rings (SSSR count). The van der Waals surface area contributed by atoms with Crippen LogP contribution in [-0.2, 0) is 16.8 Å². The van der Waals surface area contributed by atoms with Gasteiger partial charge < -0.3 is 16.4 Å². The zero-order chi connectivity index (χ0) is 17.2. The Morgan fingerprint density at radius 1 is 1.04 bits per heavy atom. The Kier molecular flexibility index (Phi) is 4.44. The highest BCUT2D eigenvalue weighted by Crippen LogP contribution is 2.48. The van der Waals surface area contributed by atoms with Crippen LogP contribution >= 0.6 is 11.6 Å². The molecule has 2 aromatic carbocycles. The lowest BCUT2D eigenvalue weighted by molar-refractivity contribution is -0.123. The minimum absolute atomic E-state index is 0.0316. The lowest BCUT2D eigenvalue weighted by Crippen LogP contribution is -2.34. The third-order valence-corrected chi connectivity index (χ3v) is 4.51. The van der Waals surface area contributed by atoms with Crippen molar-refractivity contribution in [1.82, 2.24) is 5.32 Å². The van der Waals surface area contributed by atoms with Crippen molar-refractivity contribution in [3.63, 3.8) is 0 Å². The first-order valence-electron chi connectivity index (χ1n) is 7.69.